The van der Waals surface area contributed by atoms with Crippen molar-refractivity contribution < 1.29 is 9.59 Å². The Kier molecular flexibility index (Phi) is 6.18. The second-order valence-corrected chi connectivity index (χ2v) is 8.36. The smallest absolute Gasteiger partial charge is 0.274 e. The highest BCUT2D eigenvalue weighted by molar-refractivity contribution is 6.30. The van der Waals surface area contributed by atoms with Crippen molar-refractivity contribution in [2.45, 2.75) is 19.8 Å². The summed E-state index contributed by atoms with van der Waals surface area (Å²) in [4.78, 5) is 40.2. The molecule has 1 aromatic carbocycles. The Morgan fingerprint density at radius 3 is 2.53 bits per heavy atom. The van der Waals surface area contributed by atoms with Crippen LogP contribution in [0.25, 0.3) is 0 Å². The van der Waals surface area contributed by atoms with Gasteiger partial charge in [0.2, 0.25) is 5.91 Å². The number of anilines is 1. The van der Waals surface area contributed by atoms with Crippen LogP contribution in [0.5, 0.6) is 0 Å². The van der Waals surface area contributed by atoms with Crippen LogP contribution >= 0.6 is 11.6 Å². The van der Waals surface area contributed by atoms with Crippen molar-refractivity contribution in [1.29, 1.82) is 0 Å². The second kappa shape index (κ2) is 9.00. The lowest BCUT2D eigenvalue weighted by molar-refractivity contribution is -0.137. The van der Waals surface area contributed by atoms with E-state index in [4.69, 9.17) is 11.6 Å². The summed E-state index contributed by atoms with van der Waals surface area (Å²) >= 11 is 6.10. The van der Waals surface area contributed by atoms with Crippen molar-refractivity contribution in [2.75, 3.05) is 44.2 Å². The first-order valence-corrected chi connectivity index (χ1v) is 10.8. The van der Waals surface area contributed by atoms with Crippen LogP contribution in [0.3, 0.4) is 0 Å². The van der Waals surface area contributed by atoms with Crippen molar-refractivity contribution in [3.63, 3.8) is 0 Å². The molecule has 2 aliphatic rings. The maximum atomic E-state index is 13.1. The van der Waals surface area contributed by atoms with E-state index in [0.29, 0.717) is 31.9 Å². The molecule has 158 valence electrons. The SMILES string of the molecule is Cc1cnc(C(=O)N2CCCC(C(=O)N3CCN(c4cccc(Cl)c4)CC3)C2)cn1. The van der Waals surface area contributed by atoms with E-state index in [1.54, 1.807) is 11.1 Å². The van der Waals surface area contributed by atoms with Crippen LogP contribution in [0.2, 0.25) is 5.02 Å². The fourth-order valence-corrected chi connectivity index (χ4v) is 4.33. The van der Waals surface area contributed by atoms with Crippen LogP contribution < -0.4 is 4.90 Å². The average Bonchev–Trinajstić information content (AvgIpc) is 2.79. The predicted octanol–water partition coefficient (Wildman–Crippen LogP) is 2.64. The first-order chi connectivity index (χ1) is 14.5. The van der Waals surface area contributed by atoms with Crippen LogP contribution in [0.15, 0.2) is 36.7 Å². The van der Waals surface area contributed by atoms with E-state index in [0.717, 1.165) is 42.3 Å². The van der Waals surface area contributed by atoms with E-state index in [1.807, 2.05) is 36.1 Å². The topological polar surface area (TPSA) is 69.6 Å². The van der Waals surface area contributed by atoms with Gasteiger partial charge < -0.3 is 14.7 Å². The Morgan fingerprint density at radius 2 is 1.83 bits per heavy atom. The number of carbonyl (C=O) groups is 2. The van der Waals surface area contributed by atoms with Gasteiger partial charge in [0.05, 0.1) is 17.8 Å². The zero-order chi connectivity index (χ0) is 21.1. The molecule has 0 spiro atoms. The fourth-order valence-electron chi connectivity index (χ4n) is 4.14. The number of piperidine rings is 1. The summed E-state index contributed by atoms with van der Waals surface area (Å²) in [6, 6.07) is 7.81. The number of aromatic nitrogens is 2. The third-order valence-electron chi connectivity index (χ3n) is 5.82. The van der Waals surface area contributed by atoms with Crippen LogP contribution in [-0.2, 0) is 4.79 Å². The molecular weight excluding hydrogens is 402 g/mol. The fraction of sp³-hybridized carbons (Fsp3) is 0.455. The molecule has 2 aliphatic heterocycles. The Morgan fingerprint density at radius 1 is 1.03 bits per heavy atom. The summed E-state index contributed by atoms with van der Waals surface area (Å²) < 4.78 is 0. The van der Waals surface area contributed by atoms with E-state index >= 15 is 0 Å². The molecule has 4 rings (SSSR count). The minimum absolute atomic E-state index is 0.147. The van der Waals surface area contributed by atoms with Crippen LogP contribution in [0.1, 0.15) is 29.0 Å². The molecule has 1 aromatic heterocycles. The molecule has 0 aliphatic carbocycles. The van der Waals surface area contributed by atoms with E-state index in [-0.39, 0.29) is 17.7 Å². The minimum Gasteiger partial charge on any atom is -0.368 e. The first-order valence-electron chi connectivity index (χ1n) is 10.4. The largest absolute Gasteiger partial charge is 0.368 e. The standard InChI is InChI=1S/C22H26ClN5O2/c1-16-13-25-20(14-24-16)22(30)28-7-3-4-17(15-28)21(29)27-10-8-26(9-11-27)19-6-2-5-18(23)12-19/h2,5-6,12-14,17H,3-4,7-11,15H2,1H3. The minimum atomic E-state index is -0.154. The number of hydrogen-bond donors (Lipinski definition) is 0. The molecule has 8 heteroatoms. The molecular formula is C22H26ClN5O2. The van der Waals surface area contributed by atoms with E-state index < -0.39 is 0 Å². The Balaban J connectivity index is 1.34. The molecule has 0 radical (unpaired) electrons. The summed E-state index contributed by atoms with van der Waals surface area (Å²) in [5.74, 6) is -0.155. The normalized spacial score (nSPS) is 19.7. The van der Waals surface area contributed by atoms with Gasteiger partial charge in [-0.3, -0.25) is 14.6 Å². The van der Waals surface area contributed by atoms with E-state index in [2.05, 4.69) is 14.9 Å². The van der Waals surface area contributed by atoms with Gasteiger partial charge in [0.25, 0.3) is 5.91 Å². The number of halogens is 1. The third-order valence-corrected chi connectivity index (χ3v) is 6.06. The lowest BCUT2D eigenvalue weighted by Crippen LogP contribution is -2.53. The molecule has 7 nitrogen and oxygen atoms in total. The average molecular weight is 428 g/mol. The summed E-state index contributed by atoms with van der Waals surface area (Å²) in [5, 5.41) is 0.719. The molecule has 2 amide bonds. The number of benzene rings is 1. The summed E-state index contributed by atoms with van der Waals surface area (Å²) in [6.07, 6.45) is 4.75. The number of amides is 2. The molecule has 2 fully saturated rings. The molecule has 3 heterocycles. The van der Waals surface area contributed by atoms with Crippen LogP contribution in [-0.4, -0.2) is 70.9 Å². The summed E-state index contributed by atoms with van der Waals surface area (Å²) in [6.45, 7) is 5.85. The zero-order valence-electron chi connectivity index (χ0n) is 17.1. The van der Waals surface area contributed by atoms with E-state index in [9.17, 15) is 9.59 Å². The van der Waals surface area contributed by atoms with Crippen molar-refractivity contribution in [3.8, 4) is 0 Å². The van der Waals surface area contributed by atoms with Crippen molar-refractivity contribution in [3.05, 3.63) is 53.1 Å². The van der Waals surface area contributed by atoms with Crippen molar-refractivity contribution in [1.82, 2.24) is 19.8 Å². The number of rotatable bonds is 3. The number of carbonyl (C=O) groups excluding carboxylic acids is 2. The first kappa shape index (κ1) is 20.6. The lowest BCUT2D eigenvalue weighted by atomic mass is 9.96. The maximum Gasteiger partial charge on any atom is 0.274 e. The number of hydrogen-bond acceptors (Lipinski definition) is 5. The number of likely N-dealkylation sites (tertiary alicyclic amines) is 1. The molecule has 0 bridgehead atoms. The second-order valence-electron chi connectivity index (χ2n) is 7.93. The lowest BCUT2D eigenvalue weighted by Gasteiger charge is -2.39. The monoisotopic (exact) mass is 427 g/mol. The highest BCUT2D eigenvalue weighted by Crippen LogP contribution is 2.24. The van der Waals surface area contributed by atoms with Gasteiger partial charge in [-0.05, 0) is 38.0 Å². The number of nitrogens with zero attached hydrogens (tertiary/aromatic N) is 5. The number of piperazine rings is 1. The Hall–Kier alpha value is -2.67. The third kappa shape index (κ3) is 4.56. The van der Waals surface area contributed by atoms with Gasteiger partial charge in [0, 0.05) is 56.2 Å². The molecule has 30 heavy (non-hydrogen) atoms. The Labute approximate surface area is 181 Å². The quantitative estimate of drug-likeness (QED) is 0.753. The van der Waals surface area contributed by atoms with Gasteiger partial charge in [-0.1, -0.05) is 17.7 Å². The van der Waals surface area contributed by atoms with Crippen LogP contribution in [0.4, 0.5) is 5.69 Å². The zero-order valence-corrected chi connectivity index (χ0v) is 17.9. The van der Waals surface area contributed by atoms with Gasteiger partial charge >= 0.3 is 0 Å². The maximum absolute atomic E-state index is 13.1. The predicted molar refractivity (Wildman–Crippen MR) is 116 cm³/mol. The summed E-state index contributed by atoms with van der Waals surface area (Å²) in [5.41, 5.74) is 2.20. The summed E-state index contributed by atoms with van der Waals surface area (Å²) in [7, 11) is 0. The molecule has 1 unspecified atom stereocenters. The molecule has 0 N–H and O–H groups in total. The van der Waals surface area contributed by atoms with Gasteiger partial charge in [-0.25, -0.2) is 4.98 Å². The molecule has 1 atom stereocenters. The van der Waals surface area contributed by atoms with Crippen molar-refractivity contribution in [2.24, 2.45) is 5.92 Å². The molecule has 2 aromatic rings. The van der Waals surface area contributed by atoms with Crippen LogP contribution in [0, 0.1) is 12.8 Å². The molecule has 2 saturated heterocycles. The Bertz CT molecular complexity index is 912. The highest BCUT2D eigenvalue weighted by Gasteiger charge is 2.33. The highest BCUT2D eigenvalue weighted by atomic mass is 35.5. The van der Waals surface area contributed by atoms with Gasteiger partial charge in [0.15, 0.2) is 0 Å². The van der Waals surface area contributed by atoms with Gasteiger partial charge in [-0.15, -0.1) is 0 Å². The number of aryl methyl sites for hydroxylation is 1. The molecule has 0 saturated carbocycles. The van der Waals surface area contributed by atoms with Crippen molar-refractivity contribution >= 4 is 29.1 Å². The van der Waals surface area contributed by atoms with Gasteiger partial charge in [0.1, 0.15) is 5.69 Å². The van der Waals surface area contributed by atoms with E-state index in [1.165, 1.54) is 6.20 Å². The van der Waals surface area contributed by atoms with Gasteiger partial charge in [-0.2, -0.15) is 0 Å².